The van der Waals surface area contributed by atoms with Crippen molar-refractivity contribution in [2.24, 2.45) is 11.3 Å². The molecule has 5 amide bonds. The molecule has 0 radical (unpaired) electrons. The van der Waals surface area contributed by atoms with Gasteiger partial charge in [-0.3, -0.25) is 34.1 Å². The molecular weight excluding hydrogens is 919 g/mol. The average Bonchev–Trinajstić information content (AvgIpc) is 3.93. The summed E-state index contributed by atoms with van der Waals surface area (Å²) in [4.78, 5) is 82.4. The molecule has 1 aromatic carbocycles. The first-order valence-corrected chi connectivity index (χ1v) is 25.7. The van der Waals surface area contributed by atoms with E-state index in [-0.39, 0.29) is 55.5 Å². The van der Waals surface area contributed by atoms with Crippen molar-refractivity contribution in [3.63, 3.8) is 0 Å². The van der Waals surface area contributed by atoms with Crippen molar-refractivity contribution in [3.8, 4) is 11.3 Å². The molecule has 390 valence electrons. The molecule has 7 heterocycles. The van der Waals surface area contributed by atoms with E-state index in [1.54, 1.807) is 30.2 Å². The van der Waals surface area contributed by atoms with E-state index in [9.17, 15) is 24.0 Å². The fraction of sp³-hybridized carbons (Fsp3) is 0.593. The molecule has 18 heteroatoms. The van der Waals surface area contributed by atoms with Gasteiger partial charge in [0.1, 0.15) is 24.9 Å². The number of ether oxygens (including phenoxy) is 4. The largest absolute Gasteiger partial charge is 0.492 e. The number of pyridine rings is 1. The Morgan fingerprint density at radius 1 is 1.06 bits per heavy atom. The maximum absolute atomic E-state index is 14.9. The first kappa shape index (κ1) is 52.5. The highest BCUT2D eigenvalue weighted by molar-refractivity contribution is 5.95. The number of aromatic nitrogens is 2. The van der Waals surface area contributed by atoms with E-state index in [1.165, 1.54) is 17.0 Å². The number of carbonyl (C=O) groups excluding carboxylic acids is 5. The van der Waals surface area contributed by atoms with Crippen LogP contribution in [0.3, 0.4) is 0 Å². The maximum atomic E-state index is 14.9. The first-order valence-electron chi connectivity index (χ1n) is 25.7. The summed E-state index contributed by atoms with van der Waals surface area (Å²) >= 11 is 0. The third-order valence-corrected chi connectivity index (χ3v) is 15.3. The maximum Gasteiger partial charge on any atom is 0.324 e. The number of piperidine rings is 1. The Morgan fingerprint density at radius 3 is 2.53 bits per heavy atom. The third-order valence-electron chi connectivity index (χ3n) is 15.3. The number of hydrogen-bond donors (Lipinski definition) is 2. The number of rotatable bonds is 10. The Hall–Kier alpha value is -5.82. The molecule has 2 N–H and O–H groups in total. The number of likely N-dealkylation sites (tertiary alicyclic amines) is 1. The molecule has 5 aliphatic rings. The van der Waals surface area contributed by atoms with E-state index in [2.05, 4.69) is 77.9 Å². The zero-order valence-corrected chi connectivity index (χ0v) is 43.8. The number of amides is 5. The zero-order valence-electron chi connectivity index (χ0n) is 43.8. The summed E-state index contributed by atoms with van der Waals surface area (Å²) in [5, 5.41) is 5.70. The highest BCUT2D eigenvalue weighted by Gasteiger charge is 2.46. The molecule has 5 atom stereocenters. The Labute approximate surface area is 423 Å². The molecule has 3 saturated heterocycles. The minimum absolute atomic E-state index is 0.0407. The van der Waals surface area contributed by atoms with E-state index in [1.807, 2.05) is 26.8 Å². The number of cyclic esters (lactones) is 1. The summed E-state index contributed by atoms with van der Waals surface area (Å²) in [5.74, 6) is -1.86. The molecule has 1 spiro atoms. The van der Waals surface area contributed by atoms with E-state index in [4.69, 9.17) is 23.9 Å². The molecule has 0 saturated carbocycles. The lowest BCUT2D eigenvalue weighted by molar-refractivity contribution is -0.155. The smallest absolute Gasteiger partial charge is 0.324 e. The lowest BCUT2D eigenvalue weighted by atomic mass is 9.84. The molecule has 1 unspecified atom stereocenters. The van der Waals surface area contributed by atoms with Crippen molar-refractivity contribution in [3.05, 3.63) is 71.8 Å². The number of urea groups is 1. The molecule has 3 fully saturated rings. The van der Waals surface area contributed by atoms with Gasteiger partial charge < -0.3 is 43.5 Å². The van der Waals surface area contributed by atoms with Crippen molar-refractivity contribution in [1.82, 2.24) is 44.9 Å². The number of nitrogens with one attached hydrogen (secondary N) is 2. The normalized spacial score (nSPS) is 23.3. The quantitative estimate of drug-likeness (QED) is 0.148. The topological polar surface area (TPSA) is 180 Å². The zero-order chi connectivity index (χ0) is 51.6. The van der Waals surface area contributed by atoms with Crippen LogP contribution in [0.15, 0.2) is 54.9 Å². The molecule has 3 aromatic rings. The Bertz CT molecular complexity index is 2580. The number of benzene rings is 1. The van der Waals surface area contributed by atoms with Gasteiger partial charge in [0.2, 0.25) is 5.91 Å². The molecule has 8 rings (SSSR count). The highest BCUT2D eigenvalue weighted by Crippen LogP contribution is 2.42. The SMILES string of the molecule is C=C(OC)C(=O)N1COC2(CCN(C(=O)N(C)[C@H](C(=O)N[C@H]3CN4CCC=C(C4)c4ccc5c(c4)c(c(-c4cccnc4[C@H](C)OC)n5CC)CC(C)(C)COC(=O)[C@@H]4CCCN(N4)C3=O)C(C)C)CC2)C1. The molecule has 2 aromatic heterocycles. The molecule has 6 bridgehead atoms. The van der Waals surface area contributed by atoms with Crippen molar-refractivity contribution >= 4 is 46.2 Å². The predicted octanol–water partition coefficient (Wildman–Crippen LogP) is 5.51. The summed E-state index contributed by atoms with van der Waals surface area (Å²) < 4.78 is 25.5. The minimum atomic E-state index is -1.02. The van der Waals surface area contributed by atoms with Gasteiger partial charge in [0, 0.05) is 88.0 Å². The first-order chi connectivity index (χ1) is 34.4. The molecule has 5 aliphatic heterocycles. The monoisotopic (exact) mass is 994 g/mol. The lowest BCUT2D eigenvalue weighted by Crippen LogP contribution is -2.64. The second kappa shape index (κ2) is 21.7. The fourth-order valence-electron chi connectivity index (χ4n) is 11.3. The van der Waals surface area contributed by atoms with E-state index < -0.39 is 41.0 Å². The molecule has 72 heavy (non-hydrogen) atoms. The summed E-state index contributed by atoms with van der Waals surface area (Å²) in [5.41, 5.74) is 9.42. The van der Waals surface area contributed by atoms with Crippen LogP contribution in [0.5, 0.6) is 0 Å². The summed E-state index contributed by atoms with van der Waals surface area (Å²) in [7, 11) is 4.73. The second-order valence-electron chi connectivity index (χ2n) is 21.4. The Kier molecular flexibility index (Phi) is 15.8. The van der Waals surface area contributed by atoms with Crippen molar-refractivity contribution < 1.29 is 42.9 Å². The van der Waals surface area contributed by atoms with Crippen LogP contribution in [0.1, 0.15) is 96.6 Å². The van der Waals surface area contributed by atoms with Gasteiger partial charge in [-0.2, -0.15) is 0 Å². The number of aryl methyl sites for hydroxylation is 1. The van der Waals surface area contributed by atoms with Crippen LogP contribution in [-0.4, -0.2) is 168 Å². The van der Waals surface area contributed by atoms with Crippen molar-refractivity contribution in [2.45, 2.75) is 116 Å². The van der Waals surface area contributed by atoms with Gasteiger partial charge in [0.25, 0.3) is 11.8 Å². The minimum Gasteiger partial charge on any atom is -0.492 e. The standard InChI is InChI=1S/C54H75N9O9/c1-11-62-44-19-18-37-27-40(44)41(47(62)39-16-12-22-55-45(39)35(4)69-9)28-53(6,7)32-71-51(67)42-17-14-24-63(57-42)50(66)43(30-59-23-13-15-38(37)29-59)56-48(64)46(34(2)3)58(8)52(68)60-25-20-54(21-26-60)31-61(33-72-54)49(65)36(5)70-10/h12,15-16,18-19,22,27,34-35,42-43,46,57H,5,11,13-14,17,20-21,23-26,28-33H2,1-4,6-10H3,(H,56,64)/t35-,42-,43-,46-/m0/s1. The van der Waals surface area contributed by atoms with Gasteiger partial charge in [0.15, 0.2) is 5.76 Å². The number of esters is 1. The lowest BCUT2D eigenvalue weighted by Gasteiger charge is -2.41. The summed E-state index contributed by atoms with van der Waals surface area (Å²) in [6, 6.07) is 7.71. The number of carbonyl (C=O) groups is 5. The van der Waals surface area contributed by atoms with Crippen LogP contribution in [0.25, 0.3) is 27.7 Å². The van der Waals surface area contributed by atoms with Crippen LogP contribution >= 0.6 is 0 Å². The van der Waals surface area contributed by atoms with Gasteiger partial charge in [0.05, 0.1) is 43.4 Å². The van der Waals surface area contributed by atoms with Crippen molar-refractivity contribution in [2.75, 3.05) is 80.4 Å². The number of hydrazine groups is 1. The number of fused-ring (bicyclic) bond motifs is 6. The van der Waals surface area contributed by atoms with Crippen LogP contribution in [0.4, 0.5) is 4.79 Å². The molecule has 18 nitrogen and oxygen atoms in total. The predicted molar refractivity (Wildman–Crippen MR) is 273 cm³/mol. The van der Waals surface area contributed by atoms with Crippen LogP contribution < -0.4 is 10.7 Å². The van der Waals surface area contributed by atoms with Crippen LogP contribution in [0, 0.1) is 11.3 Å². The molecular formula is C54H75N9O9. The Balaban J connectivity index is 1.07. The highest BCUT2D eigenvalue weighted by atomic mass is 16.5. The molecule has 0 aliphatic carbocycles. The van der Waals surface area contributed by atoms with E-state index in [0.717, 1.165) is 51.0 Å². The van der Waals surface area contributed by atoms with Crippen LogP contribution in [0.2, 0.25) is 0 Å². The number of nitrogens with zero attached hydrogens (tertiary/aromatic N) is 7. The van der Waals surface area contributed by atoms with E-state index >= 15 is 0 Å². The van der Waals surface area contributed by atoms with Gasteiger partial charge in [-0.15, -0.1) is 0 Å². The number of methoxy groups -OCH3 is 2. The van der Waals surface area contributed by atoms with Gasteiger partial charge in [-0.25, -0.2) is 10.2 Å². The summed E-state index contributed by atoms with van der Waals surface area (Å²) in [6.45, 7) is 19.7. The third kappa shape index (κ3) is 10.8. The van der Waals surface area contributed by atoms with Crippen molar-refractivity contribution in [1.29, 1.82) is 0 Å². The van der Waals surface area contributed by atoms with Gasteiger partial charge in [-0.1, -0.05) is 46.4 Å². The average molecular weight is 994 g/mol. The summed E-state index contributed by atoms with van der Waals surface area (Å²) in [6.07, 6.45) is 7.21. The van der Waals surface area contributed by atoms with Gasteiger partial charge in [-0.05, 0) is 99.3 Å². The second-order valence-corrected chi connectivity index (χ2v) is 21.4. The van der Waals surface area contributed by atoms with Crippen LogP contribution in [-0.2, 0) is 51.1 Å². The number of likely N-dealkylation sites (N-methyl/N-ethyl adjacent to an activating group) is 1. The number of hydrogen-bond acceptors (Lipinski definition) is 12. The Morgan fingerprint density at radius 2 is 1.82 bits per heavy atom. The fourth-order valence-corrected chi connectivity index (χ4v) is 11.3. The van der Waals surface area contributed by atoms with E-state index in [0.29, 0.717) is 77.9 Å². The van der Waals surface area contributed by atoms with Gasteiger partial charge >= 0.3 is 12.0 Å².